The average Bonchev–Trinajstić information content (AvgIpc) is 3.48. The number of hydrogen-bond acceptors (Lipinski definition) is 9. The number of hydrogen-bond donors (Lipinski definition) is 4. The predicted molar refractivity (Wildman–Crippen MR) is 174 cm³/mol. The van der Waals surface area contributed by atoms with Crippen molar-refractivity contribution in [3.05, 3.63) is 111 Å². The van der Waals surface area contributed by atoms with Gasteiger partial charge in [-0.3, -0.25) is 9.59 Å². The second-order valence-electron chi connectivity index (χ2n) is 10.6. The number of aromatic nitrogens is 1. The van der Waals surface area contributed by atoms with Gasteiger partial charge in [-0.2, -0.15) is 0 Å². The van der Waals surface area contributed by atoms with E-state index >= 15 is 0 Å². The smallest absolute Gasteiger partial charge is 0.254 e. The van der Waals surface area contributed by atoms with Crippen LogP contribution in [0.1, 0.15) is 42.5 Å². The van der Waals surface area contributed by atoms with Gasteiger partial charge in [0.15, 0.2) is 0 Å². The fourth-order valence-corrected chi connectivity index (χ4v) is 5.64. The highest BCUT2D eigenvalue weighted by Gasteiger charge is 2.25. The van der Waals surface area contributed by atoms with Crippen molar-refractivity contribution < 1.29 is 29.3 Å². The summed E-state index contributed by atoms with van der Waals surface area (Å²) in [5.74, 6) is 0.255. The first-order valence-corrected chi connectivity index (χ1v) is 15.5. The molecule has 4 N–H and O–H groups in total. The van der Waals surface area contributed by atoms with Crippen molar-refractivity contribution in [3.8, 4) is 11.5 Å². The number of ether oxygens (including phenoxy) is 2. The highest BCUT2D eigenvalue weighted by atomic mass is 32.1. The highest BCUT2D eigenvalue weighted by Crippen LogP contribution is 2.21. The predicted octanol–water partition coefficient (Wildman–Crippen LogP) is 3.60. The Morgan fingerprint density at radius 1 is 0.956 bits per heavy atom. The molecule has 0 aliphatic rings. The van der Waals surface area contributed by atoms with Crippen molar-refractivity contribution in [1.82, 2.24) is 20.5 Å². The number of aliphatic hydroxyl groups excluding tert-OH is 2. The number of thiazole rings is 1. The van der Waals surface area contributed by atoms with Gasteiger partial charge in [-0.25, -0.2) is 4.98 Å². The molecule has 0 aliphatic heterocycles. The summed E-state index contributed by atoms with van der Waals surface area (Å²) in [5, 5.41) is 29.8. The first-order valence-electron chi connectivity index (χ1n) is 14.7. The number of nitrogens with zero attached hydrogens (tertiary/aromatic N) is 2. The maximum absolute atomic E-state index is 13.7. The molecule has 0 aliphatic carbocycles. The van der Waals surface area contributed by atoms with Gasteiger partial charge in [-0.05, 0) is 54.8 Å². The van der Waals surface area contributed by atoms with Crippen LogP contribution in [0.4, 0.5) is 0 Å². The zero-order chi connectivity index (χ0) is 32.2. The molecule has 0 saturated carbocycles. The Morgan fingerprint density at radius 2 is 1.69 bits per heavy atom. The minimum absolute atomic E-state index is 0.101. The molecule has 1 aromatic heterocycles. The number of aryl methyl sites for hydroxylation is 1. The van der Waals surface area contributed by atoms with Gasteiger partial charge in [0, 0.05) is 41.8 Å². The Labute approximate surface area is 267 Å². The van der Waals surface area contributed by atoms with E-state index < -0.39 is 18.1 Å². The third-order valence-electron chi connectivity index (χ3n) is 7.20. The Morgan fingerprint density at radius 3 is 2.38 bits per heavy atom. The van der Waals surface area contributed by atoms with Crippen LogP contribution in [0.15, 0.2) is 78.2 Å². The van der Waals surface area contributed by atoms with Gasteiger partial charge >= 0.3 is 0 Å². The van der Waals surface area contributed by atoms with Gasteiger partial charge in [-0.1, -0.05) is 42.5 Å². The molecule has 4 rings (SSSR count). The molecule has 0 fully saturated rings. The first kappa shape index (κ1) is 33.6. The molecule has 0 saturated heterocycles. The molecule has 10 nitrogen and oxygen atoms in total. The molecule has 2 amide bonds. The Hall–Kier alpha value is -4.29. The normalized spacial score (nSPS) is 12.3. The van der Waals surface area contributed by atoms with Gasteiger partial charge in [-0.15, -0.1) is 11.3 Å². The van der Waals surface area contributed by atoms with Crippen LogP contribution in [0.3, 0.4) is 0 Å². The van der Waals surface area contributed by atoms with E-state index in [0.29, 0.717) is 18.7 Å². The van der Waals surface area contributed by atoms with Crippen molar-refractivity contribution in [2.45, 2.75) is 38.6 Å². The topological polar surface area (TPSA) is 133 Å². The average molecular weight is 633 g/mol. The molecule has 3 aromatic carbocycles. The maximum Gasteiger partial charge on any atom is 0.254 e. The second-order valence-corrected chi connectivity index (χ2v) is 11.5. The number of carbonyl (C=O) groups is 2. The van der Waals surface area contributed by atoms with E-state index in [1.807, 2.05) is 66.9 Å². The van der Waals surface area contributed by atoms with Gasteiger partial charge in [0.2, 0.25) is 0 Å². The summed E-state index contributed by atoms with van der Waals surface area (Å²) in [6, 6.07) is 21.3. The summed E-state index contributed by atoms with van der Waals surface area (Å²) in [6.07, 6.45) is -0.532. The van der Waals surface area contributed by atoms with Crippen molar-refractivity contribution in [1.29, 1.82) is 0 Å². The quantitative estimate of drug-likeness (QED) is 0.147. The number of amides is 2. The molecular weight excluding hydrogens is 592 g/mol. The van der Waals surface area contributed by atoms with E-state index in [1.165, 1.54) is 29.4 Å². The molecule has 0 bridgehead atoms. The Bertz CT molecular complexity index is 1550. The Kier molecular flexibility index (Phi) is 12.5. The number of benzene rings is 3. The fourth-order valence-electron chi connectivity index (χ4n) is 4.86. The van der Waals surface area contributed by atoms with E-state index in [2.05, 4.69) is 15.6 Å². The summed E-state index contributed by atoms with van der Waals surface area (Å²) in [7, 11) is 3.08. The van der Waals surface area contributed by atoms with E-state index in [1.54, 1.807) is 19.2 Å². The largest absolute Gasteiger partial charge is 0.497 e. The van der Waals surface area contributed by atoms with Gasteiger partial charge < -0.3 is 35.2 Å². The van der Waals surface area contributed by atoms with E-state index in [0.717, 1.165) is 27.6 Å². The van der Waals surface area contributed by atoms with Crippen LogP contribution in [-0.2, 0) is 19.5 Å². The number of nitrogens with one attached hydrogen (secondary N) is 2. The molecule has 4 aromatic rings. The highest BCUT2D eigenvalue weighted by molar-refractivity contribution is 7.09. The third-order valence-corrected chi connectivity index (χ3v) is 8.15. The molecule has 0 spiro atoms. The second kappa shape index (κ2) is 16.7. The molecule has 0 radical (unpaired) electrons. The standard InChI is InChI=1S/C34H40N4O6S/c1-23-22-45-32(36-23)21-38(12-13-39)34(42)27-16-26(17-29(18-27)44-3)33(41)37-30(15-24-8-5-4-6-9-24)31(40)20-35-19-25-10-7-11-28(14-25)43-2/h4-11,14,16-18,22,30-31,35,39-40H,12-13,15,19-21H2,1-3H3,(H,37,41)/t30-,31+/m0/s1. The molecule has 45 heavy (non-hydrogen) atoms. The van der Waals surface area contributed by atoms with Gasteiger partial charge in [0.05, 0.1) is 39.5 Å². The number of methoxy groups -OCH3 is 2. The zero-order valence-electron chi connectivity index (χ0n) is 25.7. The Balaban J connectivity index is 1.51. The summed E-state index contributed by atoms with van der Waals surface area (Å²) >= 11 is 1.44. The molecular formula is C34H40N4O6S. The van der Waals surface area contributed by atoms with Crippen LogP contribution < -0.4 is 20.1 Å². The van der Waals surface area contributed by atoms with Crippen LogP contribution in [0.25, 0.3) is 0 Å². The first-order chi connectivity index (χ1) is 21.8. The van der Waals surface area contributed by atoms with Crippen molar-refractivity contribution in [2.75, 3.05) is 33.9 Å². The monoisotopic (exact) mass is 632 g/mol. The van der Waals surface area contributed by atoms with Crippen LogP contribution >= 0.6 is 11.3 Å². The third kappa shape index (κ3) is 9.85. The van der Waals surface area contributed by atoms with Crippen LogP contribution in [-0.4, -0.2) is 78.0 Å². The van der Waals surface area contributed by atoms with Crippen molar-refractivity contribution in [3.63, 3.8) is 0 Å². The maximum atomic E-state index is 13.7. The lowest BCUT2D eigenvalue weighted by Gasteiger charge is -2.25. The molecule has 2 atom stereocenters. The van der Waals surface area contributed by atoms with Crippen LogP contribution in [0.2, 0.25) is 0 Å². The van der Waals surface area contributed by atoms with Gasteiger partial charge in [0.1, 0.15) is 16.5 Å². The van der Waals surface area contributed by atoms with E-state index in [4.69, 9.17) is 9.47 Å². The van der Waals surface area contributed by atoms with E-state index in [-0.39, 0.29) is 43.3 Å². The van der Waals surface area contributed by atoms with Crippen LogP contribution in [0, 0.1) is 6.92 Å². The minimum atomic E-state index is -0.923. The minimum Gasteiger partial charge on any atom is -0.497 e. The summed E-state index contributed by atoms with van der Waals surface area (Å²) < 4.78 is 10.7. The molecule has 0 unspecified atom stereocenters. The van der Waals surface area contributed by atoms with Crippen molar-refractivity contribution >= 4 is 23.2 Å². The summed E-state index contributed by atoms with van der Waals surface area (Å²) in [4.78, 5) is 33.2. The summed E-state index contributed by atoms with van der Waals surface area (Å²) in [5.41, 5.74) is 3.25. The van der Waals surface area contributed by atoms with Crippen LogP contribution in [0.5, 0.6) is 11.5 Å². The lowest BCUT2D eigenvalue weighted by atomic mass is 10.00. The fraction of sp³-hybridized carbons (Fsp3) is 0.324. The summed E-state index contributed by atoms with van der Waals surface area (Å²) in [6.45, 7) is 2.72. The zero-order valence-corrected chi connectivity index (χ0v) is 26.5. The van der Waals surface area contributed by atoms with Gasteiger partial charge in [0.25, 0.3) is 11.8 Å². The SMILES string of the molecule is COc1cccc(CNC[C@@H](O)[C@H](Cc2ccccc2)NC(=O)c2cc(OC)cc(C(=O)N(CCO)Cc3nc(C)cs3)c2)c1. The lowest BCUT2D eigenvalue weighted by Crippen LogP contribution is -2.48. The van der Waals surface area contributed by atoms with E-state index in [9.17, 15) is 19.8 Å². The number of carbonyl (C=O) groups excluding carboxylic acids is 2. The molecule has 1 heterocycles. The number of aliphatic hydroxyl groups is 2. The lowest BCUT2D eigenvalue weighted by molar-refractivity contribution is 0.0707. The van der Waals surface area contributed by atoms with Crippen molar-refractivity contribution in [2.24, 2.45) is 0 Å². The molecule has 11 heteroatoms. The number of rotatable bonds is 16. The molecule has 238 valence electrons.